The van der Waals surface area contributed by atoms with Crippen LogP contribution in [0.3, 0.4) is 0 Å². The molecule has 1 aliphatic heterocycles. The average molecular weight is 594 g/mol. The number of thiazole rings is 1. The molecule has 5 rings (SSSR count). The van der Waals surface area contributed by atoms with Gasteiger partial charge in [-0.05, 0) is 45.9 Å². The molecule has 4 N–H and O–H groups in total. The van der Waals surface area contributed by atoms with Crippen LogP contribution in [-0.4, -0.2) is 62.9 Å². The number of carbonyl (C=O) groups is 2. The molecule has 11 nitrogen and oxygen atoms in total. The van der Waals surface area contributed by atoms with E-state index in [2.05, 4.69) is 25.6 Å². The molecule has 4 aromatic rings. The van der Waals surface area contributed by atoms with Crippen molar-refractivity contribution in [3.63, 3.8) is 0 Å². The number of alkyl halides is 1. The predicted molar refractivity (Wildman–Crippen MR) is 160 cm³/mol. The lowest BCUT2D eigenvalue weighted by Crippen LogP contribution is -2.51. The molecule has 0 aliphatic carbocycles. The van der Waals surface area contributed by atoms with Crippen LogP contribution in [-0.2, 0) is 4.74 Å². The average Bonchev–Trinajstić information content (AvgIpc) is 3.28. The van der Waals surface area contributed by atoms with E-state index < -0.39 is 29.9 Å². The Morgan fingerprint density at radius 3 is 2.60 bits per heavy atom. The van der Waals surface area contributed by atoms with Gasteiger partial charge in [-0.3, -0.25) is 0 Å². The quantitative estimate of drug-likeness (QED) is 0.243. The molecular weight excluding hydrogens is 561 g/mol. The molecule has 0 spiro atoms. The third kappa shape index (κ3) is 6.85. The molecule has 3 heterocycles. The fourth-order valence-corrected chi connectivity index (χ4v) is 5.52. The van der Waals surface area contributed by atoms with Crippen molar-refractivity contribution < 1.29 is 23.5 Å². The summed E-state index contributed by atoms with van der Waals surface area (Å²) in [7, 11) is 0. The van der Waals surface area contributed by atoms with Crippen molar-refractivity contribution in [1.29, 1.82) is 0 Å². The number of nitrogens with one attached hydrogen (secondary N) is 2. The highest BCUT2D eigenvalue weighted by atomic mass is 32.1. The first-order valence-corrected chi connectivity index (χ1v) is 14.2. The number of carbonyl (C=O) groups excluding carboxylic acids is 2. The number of fused-ring (bicyclic) bond motifs is 1. The predicted octanol–water partition coefficient (Wildman–Crippen LogP) is 6.10. The second-order valence-electron chi connectivity index (χ2n) is 10.9. The SMILES string of the molecule is Cc1nc(Oc2ccc(NC(N)=O)c3ccccc23)c(-c2ccnc(N[C@H]3C[C@H](F)CN(C(=O)OC(C)(C)C)C3)n2)s1. The molecule has 220 valence electrons. The van der Waals surface area contributed by atoms with Gasteiger partial charge in [-0.25, -0.2) is 28.9 Å². The number of aromatic nitrogens is 3. The van der Waals surface area contributed by atoms with Crippen molar-refractivity contribution in [3.8, 4) is 22.2 Å². The highest BCUT2D eigenvalue weighted by Crippen LogP contribution is 2.40. The van der Waals surface area contributed by atoms with Crippen molar-refractivity contribution in [1.82, 2.24) is 19.9 Å². The fraction of sp³-hybridized carbons (Fsp3) is 0.345. The van der Waals surface area contributed by atoms with E-state index >= 15 is 0 Å². The smallest absolute Gasteiger partial charge is 0.410 e. The summed E-state index contributed by atoms with van der Waals surface area (Å²) in [5.41, 5.74) is 5.79. The molecule has 42 heavy (non-hydrogen) atoms. The van der Waals surface area contributed by atoms with Gasteiger partial charge in [0.1, 0.15) is 22.4 Å². The first kappa shape index (κ1) is 29.0. The molecular formula is C29H32FN7O4S. The van der Waals surface area contributed by atoms with Crippen molar-refractivity contribution in [2.45, 2.75) is 51.9 Å². The topological polar surface area (TPSA) is 145 Å². The fourth-order valence-electron chi connectivity index (χ4n) is 4.70. The highest BCUT2D eigenvalue weighted by molar-refractivity contribution is 7.15. The van der Waals surface area contributed by atoms with Crippen molar-refractivity contribution in [2.24, 2.45) is 5.73 Å². The summed E-state index contributed by atoms with van der Waals surface area (Å²) in [6, 6.07) is 11.6. The van der Waals surface area contributed by atoms with Crippen LogP contribution in [0, 0.1) is 6.92 Å². The Hall–Kier alpha value is -4.52. The van der Waals surface area contributed by atoms with Gasteiger partial charge in [-0.1, -0.05) is 24.3 Å². The maximum absolute atomic E-state index is 14.6. The molecule has 2 atom stereocenters. The Morgan fingerprint density at radius 2 is 1.86 bits per heavy atom. The van der Waals surface area contributed by atoms with Gasteiger partial charge in [0.15, 0.2) is 0 Å². The summed E-state index contributed by atoms with van der Waals surface area (Å²) in [6.07, 6.45) is 0.0359. The van der Waals surface area contributed by atoms with E-state index in [-0.39, 0.29) is 19.5 Å². The number of halogens is 1. The van der Waals surface area contributed by atoms with Crippen molar-refractivity contribution in [3.05, 3.63) is 53.7 Å². The van der Waals surface area contributed by atoms with Gasteiger partial charge >= 0.3 is 12.1 Å². The number of hydrogen-bond acceptors (Lipinski definition) is 9. The van der Waals surface area contributed by atoms with Gasteiger partial charge in [-0.15, -0.1) is 11.3 Å². The number of anilines is 2. The van der Waals surface area contributed by atoms with Crippen LogP contribution in [0.4, 0.5) is 25.6 Å². The molecule has 0 saturated carbocycles. The summed E-state index contributed by atoms with van der Waals surface area (Å²) < 4.78 is 26.3. The number of urea groups is 1. The Bertz CT molecular complexity index is 1620. The maximum Gasteiger partial charge on any atom is 0.410 e. The zero-order valence-electron chi connectivity index (χ0n) is 23.7. The van der Waals surface area contributed by atoms with Crippen LogP contribution in [0.5, 0.6) is 11.6 Å². The number of benzene rings is 2. The van der Waals surface area contributed by atoms with Gasteiger partial charge in [0.05, 0.1) is 22.9 Å². The molecule has 1 aliphatic rings. The van der Waals surface area contributed by atoms with Crippen LogP contribution in [0.25, 0.3) is 21.3 Å². The normalized spacial score (nSPS) is 17.1. The number of hydrogen-bond donors (Lipinski definition) is 3. The molecule has 13 heteroatoms. The van der Waals surface area contributed by atoms with E-state index in [1.165, 1.54) is 16.2 Å². The third-order valence-electron chi connectivity index (χ3n) is 6.32. The lowest BCUT2D eigenvalue weighted by molar-refractivity contribution is 0.0124. The minimum atomic E-state index is -1.21. The van der Waals surface area contributed by atoms with Crippen molar-refractivity contribution in [2.75, 3.05) is 23.7 Å². The first-order valence-electron chi connectivity index (χ1n) is 13.4. The zero-order valence-corrected chi connectivity index (χ0v) is 24.5. The Balaban J connectivity index is 1.37. The van der Waals surface area contributed by atoms with E-state index in [1.807, 2.05) is 31.2 Å². The number of piperidine rings is 1. The second-order valence-corrected chi connectivity index (χ2v) is 12.1. The molecule has 2 aromatic heterocycles. The molecule has 1 saturated heterocycles. The molecule has 0 bridgehead atoms. The lowest BCUT2D eigenvalue weighted by Gasteiger charge is -2.36. The number of amides is 3. The van der Waals surface area contributed by atoms with Gasteiger partial charge in [-0.2, -0.15) is 0 Å². The summed E-state index contributed by atoms with van der Waals surface area (Å²) in [4.78, 5) is 39.7. The van der Waals surface area contributed by atoms with Gasteiger partial charge in [0.25, 0.3) is 0 Å². The monoisotopic (exact) mass is 593 g/mol. The number of nitrogens with zero attached hydrogens (tertiary/aromatic N) is 4. The number of ether oxygens (including phenoxy) is 2. The Morgan fingerprint density at radius 1 is 1.10 bits per heavy atom. The minimum absolute atomic E-state index is 0.0247. The Labute approximate surface area is 246 Å². The third-order valence-corrected chi connectivity index (χ3v) is 7.30. The number of likely N-dealkylation sites (tertiary alicyclic amines) is 1. The second kappa shape index (κ2) is 11.8. The summed E-state index contributed by atoms with van der Waals surface area (Å²) in [6.45, 7) is 7.42. The summed E-state index contributed by atoms with van der Waals surface area (Å²) >= 11 is 1.41. The van der Waals surface area contributed by atoms with E-state index in [1.54, 1.807) is 45.2 Å². The van der Waals surface area contributed by atoms with E-state index in [0.717, 1.165) is 15.8 Å². The van der Waals surface area contributed by atoms with Crippen LogP contribution >= 0.6 is 11.3 Å². The molecule has 3 amide bonds. The van der Waals surface area contributed by atoms with Crippen LogP contribution < -0.4 is 21.1 Å². The van der Waals surface area contributed by atoms with Gasteiger partial charge in [0, 0.05) is 36.0 Å². The summed E-state index contributed by atoms with van der Waals surface area (Å²) in [5, 5.41) is 8.10. The van der Waals surface area contributed by atoms with Crippen LogP contribution in [0.1, 0.15) is 32.2 Å². The first-order chi connectivity index (χ1) is 19.9. The van der Waals surface area contributed by atoms with Crippen molar-refractivity contribution >= 4 is 45.9 Å². The number of primary amides is 1. The van der Waals surface area contributed by atoms with E-state index in [0.29, 0.717) is 33.8 Å². The van der Waals surface area contributed by atoms with E-state index in [9.17, 15) is 14.0 Å². The molecule has 0 unspecified atom stereocenters. The van der Waals surface area contributed by atoms with Gasteiger partial charge < -0.3 is 30.7 Å². The Kier molecular flexibility index (Phi) is 8.12. The standard InChI is InChI=1S/C29H32FN7O4S/c1-16-33-25(40-23-10-9-21(35-26(31)38)19-7-5-6-8-20(19)23)24(42-16)22-11-12-32-27(36-22)34-18-13-17(30)14-37(15-18)28(39)41-29(2,3)4/h5-12,17-18H,13-15H2,1-4H3,(H3,31,35,38)(H,32,34,36)/t17-,18-/m0/s1. The number of rotatable bonds is 6. The highest BCUT2D eigenvalue weighted by Gasteiger charge is 2.33. The number of nitrogens with two attached hydrogens (primary N) is 1. The maximum atomic E-state index is 14.6. The van der Waals surface area contributed by atoms with E-state index in [4.69, 9.17) is 15.2 Å². The van der Waals surface area contributed by atoms with Crippen LogP contribution in [0.2, 0.25) is 0 Å². The lowest BCUT2D eigenvalue weighted by atomic mass is 10.0. The molecule has 0 radical (unpaired) electrons. The number of aryl methyl sites for hydroxylation is 1. The summed E-state index contributed by atoms with van der Waals surface area (Å²) in [5.74, 6) is 1.19. The minimum Gasteiger partial charge on any atom is -0.444 e. The zero-order chi connectivity index (χ0) is 30.0. The van der Waals surface area contributed by atoms with Gasteiger partial charge in [0.2, 0.25) is 11.8 Å². The molecule has 2 aromatic carbocycles. The largest absolute Gasteiger partial charge is 0.444 e. The molecule has 1 fully saturated rings. The van der Waals surface area contributed by atoms with Crippen LogP contribution in [0.15, 0.2) is 48.7 Å².